The van der Waals surface area contributed by atoms with Gasteiger partial charge in [-0.2, -0.15) is 5.10 Å². The van der Waals surface area contributed by atoms with E-state index in [2.05, 4.69) is 24.4 Å². The molecule has 0 amide bonds. The highest BCUT2D eigenvalue weighted by Gasteiger charge is 2.05. The van der Waals surface area contributed by atoms with Gasteiger partial charge in [-0.15, -0.1) is 0 Å². The zero-order valence-electron chi connectivity index (χ0n) is 6.53. The number of nitrogens with zero attached hydrogens (tertiary/aromatic N) is 2. The van der Waals surface area contributed by atoms with Crippen LogP contribution >= 0.6 is 11.8 Å². The second-order valence-corrected chi connectivity index (χ2v) is 3.59. The van der Waals surface area contributed by atoms with Crippen LogP contribution < -0.4 is 0 Å². The lowest BCUT2D eigenvalue weighted by atomic mass is 10.4. The SMILES string of the molecule is CC1=NN(C(C)C)C=CS1. The standard InChI is InChI=1S/C7H12N2S/c1-6(2)9-4-5-10-7(3)8-9/h4-6H,1-3H3. The minimum absolute atomic E-state index is 0.465. The lowest BCUT2D eigenvalue weighted by molar-refractivity contribution is 0.328. The van der Waals surface area contributed by atoms with Gasteiger partial charge in [0.15, 0.2) is 0 Å². The molecule has 0 bridgehead atoms. The van der Waals surface area contributed by atoms with Gasteiger partial charge in [-0.1, -0.05) is 11.8 Å². The molecule has 1 aliphatic heterocycles. The van der Waals surface area contributed by atoms with E-state index < -0.39 is 0 Å². The van der Waals surface area contributed by atoms with Crippen molar-refractivity contribution in [3.8, 4) is 0 Å². The first-order valence-electron chi connectivity index (χ1n) is 3.37. The first kappa shape index (κ1) is 7.66. The molecule has 0 spiro atoms. The van der Waals surface area contributed by atoms with Gasteiger partial charge in [-0.25, -0.2) is 0 Å². The molecule has 0 radical (unpaired) electrons. The zero-order valence-corrected chi connectivity index (χ0v) is 7.35. The minimum Gasteiger partial charge on any atom is -0.269 e. The van der Waals surface area contributed by atoms with Crippen molar-refractivity contribution in [2.75, 3.05) is 0 Å². The Kier molecular flexibility index (Phi) is 2.38. The van der Waals surface area contributed by atoms with Gasteiger partial charge in [0.25, 0.3) is 0 Å². The Hall–Kier alpha value is -0.440. The van der Waals surface area contributed by atoms with Crippen molar-refractivity contribution < 1.29 is 0 Å². The molecule has 0 aromatic rings. The monoisotopic (exact) mass is 156 g/mol. The lowest BCUT2D eigenvalue weighted by Crippen LogP contribution is -2.21. The maximum Gasteiger partial charge on any atom is 0.0949 e. The molecule has 2 nitrogen and oxygen atoms in total. The molecule has 0 aromatic heterocycles. The minimum atomic E-state index is 0.465. The number of hydrazone groups is 1. The zero-order chi connectivity index (χ0) is 7.56. The summed E-state index contributed by atoms with van der Waals surface area (Å²) < 4.78 is 0. The summed E-state index contributed by atoms with van der Waals surface area (Å²) in [5.74, 6) is 0. The highest BCUT2D eigenvalue weighted by molar-refractivity contribution is 8.16. The predicted octanol–water partition coefficient (Wildman–Crippen LogP) is 2.25. The highest BCUT2D eigenvalue weighted by atomic mass is 32.2. The van der Waals surface area contributed by atoms with Crippen molar-refractivity contribution in [1.82, 2.24) is 5.01 Å². The Labute approximate surface area is 66.0 Å². The third-order valence-electron chi connectivity index (χ3n) is 1.24. The van der Waals surface area contributed by atoms with Gasteiger partial charge < -0.3 is 0 Å². The van der Waals surface area contributed by atoms with Crippen LogP contribution in [0.2, 0.25) is 0 Å². The molecule has 0 N–H and O–H groups in total. The highest BCUT2D eigenvalue weighted by Crippen LogP contribution is 2.15. The molecular weight excluding hydrogens is 144 g/mol. The quantitative estimate of drug-likeness (QED) is 0.578. The maximum absolute atomic E-state index is 4.31. The van der Waals surface area contributed by atoms with Gasteiger partial charge in [-0.05, 0) is 26.2 Å². The summed E-state index contributed by atoms with van der Waals surface area (Å²) in [5.41, 5.74) is 0. The fourth-order valence-electron chi connectivity index (χ4n) is 0.698. The third-order valence-corrected chi connectivity index (χ3v) is 1.92. The van der Waals surface area contributed by atoms with Crippen LogP contribution in [0.5, 0.6) is 0 Å². The summed E-state index contributed by atoms with van der Waals surface area (Å²) in [5, 5.41) is 9.44. The van der Waals surface area contributed by atoms with Crippen LogP contribution in [0.4, 0.5) is 0 Å². The Balaban J connectivity index is 2.61. The van der Waals surface area contributed by atoms with E-state index in [4.69, 9.17) is 0 Å². The van der Waals surface area contributed by atoms with Gasteiger partial charge in [0.1, 0.15) is 0 Å². The van der Waals surface area contributed by atoms with Gasteiger partial charge in [0.05, 0.1) is 5.04 Å². The Morgan fingerprint density at radius 3 is 2.70 bits per heavy atom. The van der Waals surface area contributed by atoms with Crippen LogP contribution in [-0.4, -0.2) is 16.1 Å². The number of thioether (sulfide) groups is 1. The van der Waals surface area contributed by atoms with Gasteiger partial charge in [0.2, 0.25) is 0 Å². The average Bonchev–Trinajstić information content (AvgIpc) is 1.88. The van der Waals surface area contributed by atoms with Crippen LogP contribution in [0.15, 0.2) is 16.7 Å². The molecular formula is C7H12N2S. The summed E-state index contributed by atoms with van der Waals surface area (Å²) in [6.07, 6.45) is 2.00. The van der Waals surface area contributed by atoms with E-state index in [0.717, 1.165) is 5.04 Å². The largest absolute Gasteiger partial charge is 0.269 e. The Morgan fingerprint density at radius 2 is 2.30 bits per heavy atom. The van der Waals surface area contributed by atoms with Crippen molar-refractivity contribution in [2.24, 2.45) is 5.10 Å². The van der Waals surface area contributed by atoms with E-state index in [1.807, 2.05) is 18.1 Å². The summed E-state index contributed by atoms with van der Waals surface area (Å²) in [6.45, 7) is 6.26. The Bertz CT molecular complexity index is 172. The fourth-order valence-corrected chi connectivity index (χ4v) is 1.22. The molecule has 0 saturated heterocycles. The van der Waals surface area contributed by atoms with E-state index in [9.17, 15) is 0 Å². The smallest absolute Gasteiger partial charge is 0.0949 e. The second kappa shape index (κ2) is 3.10. The molecule has 0 unspecified atom stereocenters. The van der Waals surface area contributed by atoms with Crippen LogP contribution in [0.1, 0.15) is 20.8 Å². The summed E-state index contributed by atoms with van der Waals surface area (Å²) >= 11 is 1.67. The topological polar surface area (TPSA) is 15.6 Å². The lowest BCUT2D eigenvalue weighted by Gasteiger charge is -2.21. The first-order valence-corrected chi connectivity index (χ1v) is 4.25. The van der Waals surface area contributed by atoms with E-state index in [1.54, 1.807) is 11.8 Å². The predicted molar refractivity (Wildman–Crippen MR) is 46.8 cm³/mol. The summed E-state index contributed by atoms with van der Waals surface area (Å²) in [7, 11) is 0. The van der Waals surface area contributed by atoms with Gasteiger partial charge in [0, 0.05) is 12.2 Å². The van der Waals surface area contributed by atoms with Crippen molar-refractivity contribution in [1.29, 1.82) is 0 Å². The molecule has 0 atom stereocenters. The first-order chi connectivity index (χ1) is 4.70. The summed E-state index contributed by atoms with van der Waals surface area (Å²) in [6, 6.07) is 0.465. The molecule has 0 aromatic carbocycles. The molecule has 0 fully saturated rings. The Morgan fingerprint density at radius 1 is 1.60 bits per heavy atom. The molecule has 10 heavy (non-hydrogen) atoms. The van der Waals surface area contributed by atoms with E-state index in [1.165, 1.54) is 0 Å². The van der Waals surface area contributed by atoms with Crippen molar-refractivity contribution >= 4 is 16.8 Å². The molecule has 1 aliphatic rings. The van der Waals surface area contributed by atoms with E-state index in [-0.39, 0.29) is 0 Å². The fraction of sp³-hybridized carbons (Fsp3) is 0.571. The van der Waals surface area contributed by atoms with Crippen molar-refractivity contribution in [3.05, 3.63) is 11.6 Å². The summed E-state index contributed by atoms with van der Waals surface area (Å²) in [4.78, 5) is 0. The van der Waals surface area contributed by atoms with E-state index in [0.29, 0.717) is 6.04 Å². The number of hydrogen-bond donors (Lipinski definition) is 0. The van der Waals surface area contributed by atoms with Gasteiger partial charge in [-0.3, -0.25) is 5.01 Å². The number of rotatable bonds is 1. The molecule has 56 valence electrons. The van der Waals surface area contributed by atoms with Crippen LogP contribution in [0, 0.1) is 0 Å². The molecule has 3 heteroatoms. The molecule has 0 aliphatic carbocycles. The molecule has 1 heterocycles. The third kappa shape index (κ3) is 1.77. The van der Waals surface area contributed by atoms with Crippen molar-refractivity contribution in [3.63, 3.8) is 0 Å². The second-order valence-electron chi connectivity index (χ2n) is 2.50. The normalized spacial score (nSPS) is 18.0. The van der Waals surface area contributed by atoms with Crippen LogP contribution in [0.25, 0.3) is 0 Å². The maximum atomic E-state index is 4.31. The van der Waals surface area contributed by atoms with Gasteiger partial charge >= 0.3 is 0 Å². The average molecular weight is 156 g/mol. The molecule has 0 saturated carbocycles. The number of hydrogen-bond acceptors (Lipinski definition) is 3. The van der Waals surface area contributed by atoms with Crippen LogP contribution in [0.3, 0.4) is 0 Å². The van der Waals surface area contributed by atoms with Crippen LogP contribution in [-0.2, 0) is 0 Å². The van der Waals surface area contributed by atoms with Crippen molar-refractivity contribution in [2.45, 2.75) is 26.8 Å². The van der Waals surface area contributed by atoms with E-state index >= 15 is 0 Å². The molecule has 1 rings (SSSR count).